The Morgan fingerprint density at radius 1 is 1.46 bits per heavy atom. The van der Waals surface area contributed by atoms with Gasteiger partial charge in [-0.2, -0.15) is 0 Å². The van der Waals surface area contributed by atoms with E-state index in [1.54, 1.807) is 31.9 Å². The Labute approximate surface area is 144 Å². The second kappa shape index (κ2) is 7.99. The standard InChI is InChI=1S/C13H23N4O5PS/c1-9-7-17(13(19)15-12(9)18)11-6-14-5-10(22-11)8-21-23(20,24-4)16(2)3/h7,10-11,14H,5-6,8H2,1-4H3,(H,15,18,19)/t10-,11+,23?/m0/s1. The fraction of sp³-hybridized carbons (Fsp3) is 0.692. The van der Waals surface area contributed by atoms with Gasteiger partial charge in [0, 0.05) is 24.8 Å². The lowest BCUT2D eigenvalue weighted by Crippen LogP contribution is -2.47. The molecule has 136 valence electrons. The lowest BCUT2D eigenvalue weighted by Gasteiger charge is -2.33. The summed E-state index contributed by atoms with van der Waals surface area (Å²) in [5.74, 6) is 0. The van der Waals surface area contributed by atoms with E-state index in [0.717, 1.165) is 11.4 Å². The largest absolute Gasteiger partial charge is 0.350 e. The molecule has 1 fully saturated rings. The van der Waals surface area contributed by atoms with Crippen LogP contribution in [-0.2, 0) is 13.8 Å². The molecule has 3 atom stereocenters. The molecule has 0 spiro atoms. The number of nitrogens with one attached hydrogen (secondary N) is 2. The van der Waals surface area contributed by atoms with Gasteiger partial charge in [0.15, 0.2) is 6.23 Å². The van der Waals surface area contributed by atoms with Crippen molar-refractivity contribution in [2.75, 3.05) is 40.0 Å². The quantitative estimate of drug-likeness (QED) is 0.685. The third kappa shape index (κ3) is 4.38. The van der Waals surface area contributed by atoms with E-state index in [9.17, 15) is 14.2 Å². The van der Waals surface area contributed by atoms with Gasteiger partial charge in [0.05, 0.1) is 12.7 Å². The molecule has 2 heterocycles. The average Bonchev–Trinajstić information content (AvgIpc) is 2.56. The highest BCUT2D eigenvalue weighted by molar-refractivity contribution is 8.55. The first-order chi connectivity index (χ1) is 11.3. The minimum absolute atomic E-state index is 0.136. The molecule has 0 aliphatic carbocycles. The number of aryl methyl sites for hydroxylation is 1. The molecule has 0 amide bonds. The van der Waals surface area contributed by atoms with Crippen molar-refractivity contribution in [3.8, 4) is 0 Å². The summed E-state index contributed by atoms with van der Waals surface area (Å²) in [6.07, 6.45) is 2.28. The topological polar surface area (TPSA) is 106 Å². The van der Waals surface area contributed by atoms with E-state index in [0.29, 0.717) is 18.7 Å². The molecule has 1 aromatic rings. The maximum absolute atomic E-state index is 12.5. The molecule has 1 aliphatic heterocycles. The molecule has 0 bridgehead atoms. The molecular formula is C13H23N4O5PS. The summed E-state index contributed by atoms with van der Waals surface area (Å²) in [7, 11) is 3.39. The number of nitrogens with zero attached hydrogens (tertiary/aromatic N) is 2. The number of hydrogen-bond acceptors (Lipinski definition) is 7. The van der Waals surface area contributed by atoms with Gasteiger partial charge in [-0.25, -0.2) is 9.46 Å². The van der Waals surface area contributed by atoms with Gasteiger partial charge in [-0.05, 0) is 27.3 Å². The van der Waals surface area contributed by atoms with Crippen LogP contribution in [0.1, 0.15) is 11.8 Å². The number of aromatic amines is 1. The Balaban J connectivity index is 2.07. The molecule has 24 heavy (non-hydrogen) atoms. The minimum atomic E-state index is -2.93. The van der Waals surface area contributed by atoms with Gasteiger partial charge >= 0.3 is 12.4 Å². The summed E-state index contributed by atoms with van der Waals surface area (Å²) in [4.78, 5) is 25.7. The monoisotopic (exact) mass is 378 g/mol. The second-order valence-electron chi connectivity index (χ2n) is 5.64. The third-order valence-electron chi connectivity index (χ3n) is 3.64. The fourth-order valence-corrected chi connectivity index (χ4v) is 4.75. The number of rotatable bonds is 6. The highest BCUT2D eigenvalue weighted by atomic mass is 32.7. The Morgan fingerprint density at radius 2 is 2.17 bits per heavy atom. The van der Waals surface area contributed by atoms with Crippen molar-refractivity contribution in [1.82, 2.24) is 19.5 Å². The molecule has 2 rings (SSSR count). The minimum Gasteiger partial charge on any atom is -0.350 e. The van der Waals surface area contributed by atoms with Crippen molar-refractivity contribution in [2.45, 2.75) is 19.3 Å². The highest BCUT2D eigenvalue weighted by Crippen LogP contribution is 2.59. The molecule has 1 saturated heterocycles. The smallest absolute Gasteiger partial charge is 0.330 e. The molecule has 0 saturated carbocycles. The van der Waals surface area contributed by atoms with Gasteiger partial charge < -0.3 is 14.6 Å². The van der Waals surface area contributed by atoms with Crippen LogP contribution in [0.15, 0.2) is 15.8 Å². The van der Waals surface area contributed by atoms with E-state index in [1.165, 1.54) is 10.8 Å². The maximum Gasteiger partial charge on any atom is 0.330 e. The van der Waals surface area contributed by atoms with E-state index < -0.39 is 24.2 Å². The first kappa shape index (κ1) is 19.4. The van der Waals surface area contributed by atoms with Crippen LogP contribution >= 0.6 is 18.1 Å². The van der Waals surface area contributed by atoms with Gasteiger partial charge in [-0.1, -0.05) is 11.4 Å². The third-order valence-corrected chi connectivity index (χ3v) is 8.24. The summed E-state index contributed by atoms with van der Waals surface area (Å²) < 4.78 is 26.9. The summed E-state index contributed by atoms with van der Waals surface area (Å²) in [6.45, 7) is -0.220. The zero-order valence-corrected chi connectivity index (χ0v) is 15.9. The predicted molar refractivity (Wildman–Crippen MR) is 93.6 cm³/mol. The molecule has 0 aromatic carbocycles. The van der Waals surface area contributed by atoms with Gasteiger partial charge in [-0.15, -0.1) is 0 Å². The predicted octanol–water partition coefficient (Wildman–Crippen LogP) is 0.381. The SMILES string of the molecule is CSP(=O)(OC[C@@H]1CNC[C@H](n2cc(C)c(=O)[nH]c2=O)O1)N(C)C. The van der Waals surface area contributed by atoms with Gasteiger partial charge in [0.1, 0.15) is 0 Å². The number of ether oxygens (including phenoxy) is 1. The van der Waals surface area contributed by atoms with Crippen LogP contribution in [0.4, 0.5) is 0 Å². The van der Waals surface area contributed by atoms with E-state index in [2.05, 4.69) is 10.3 Å². The van der Waals surface area contributed by atoms with Gasteiger partial charge in [0.25, 0.3) is 5.56 Å². The molecule has 11 heteroatoms. The zero-order chi connectivity index (χ0) is 17.9. The molecular weight excluding hydrogens is 355 g/mol. The lowest BCUT2D eigenvalue weighted by atomic mass is 10.3. The van der Waals surface area contributed by atoms with Crippen molar-refractivity contribution >= 4 is 18.1 Å². The summed E-state index contributed by atoms with van der Waals surface area (Å²) in [5.41, 5.74) is -0.509. The molecule has 9 nitrogen and oxygen atoms in total. The average molecular weight is 378 g/mol. The van der Waals surface area contributed by atoms with Crippen LogP contribution in [0.2, 0.25) is 0 Å². The number of morpholine rings is 1. The van der Waals surface area contributed by atoms with Crippen LogP contribution in [0, 0.1) is 6.92 Å². The van der Waals surface area contributed by atoms with Crippen molar-refractivity contribution in [1.29, 1.82) is 0 Å². The van der Waals surface area contributed by atoms with Crippen LogP contribution in [-0.4, -0.2) is 60.4 Å². The van der Waals surface area contributed by atoms with Crippen LogP contribution in [0.3, 0.4) is 0 Å². The number of aromatic nitrogens is 2. The Hall–Kier alpha value is -0.900. The number of hydrogen-bond donors (Lipinski definition) is 2. The molecule has 2 N–H and O–H groups in total. The van der Waals surface area contributed by atoms with E-state index >= 15 is 0 Å². The molecule has 1 aliphatic rings. The number of H-pyrrole nitrogens is 1. The fourth-order valence-electron chi connectivity index (χ4n) is 2.26. The second-order valence-corrected chi connectivity index (χ2v) is 10.5. The molecule has 0 radical (unpaired) electrons. The molecule has 1 unspecified atom stereocenters. The van der Waals surface area contributed by atoms with E-state index in [4.69, 9.17) is 9.26 Å². The zero-order valence-electron chi connectivity index (χ0n) is 14.1. The van der Waals surface area contributed by atoms with Crippen molar-refractivity contribution < 1.29 is 13.8 Å². The summed E-state index contributed by atoms with van der Waals surface area (Å²) in [6, 6.07) is 0. The summed E-state index contributed by atoms with van der Waals surface area (Å²) >= 11 is 1.16. The van der Waals surface area contributed by atoms with E-state index in [1.807, 2.05) is 0 Å². The van der Waals surface area contributed by atoms with Crippen LogP contribution in [0.5, 0.6) is 0 Å². The Kier molecular flexibility index (Phi) is 6.46. The van der Waals surface area contributed by atoms with Gasteiger partial charge in [0.2, 0.25) is 0 Å². The van der Waals surface area contributed by atoms with Crippen LogP contribution < -0.4 is 16.6 Å². The van der Waals surface area contributed by atoms with E-state index in [-0.39, 0.29) is 12.7 Å². The molecule has 1 aromatic heterocycles. The first-order valence-electron chi connectivity index (χ1n) is 7.43. The van der Waals surface area contributed by atoms with Crippen molar-refractivity contribution in [2.24, 2.45) is 0 Å². The van der Waals surface area contributed by atoms with Crippen molar-refractivity contribution in [3.63, 3.8) is 0 Å². The van der Waals surface area contributed by atoms with Crippen LogP contribution in [0.25, 0.3) is 0 Å². The Morgan fingerprint density at radius 3 is 2.79 bits per heavy atom. The first-order valence-corrected chi connectivity index (χ1v) is 10.8. The van der Waals surface area contributed by atoms with Gasteiger partial charge in [-0.3, -0.25) is 18.9 Å². The van der Waals surface area contributed by atoms with Crippen molar-refractivity contribution in [3.05, 3.63) is 32.6 Å². The maximum atomic E-state index is 12.5. The highest BCUT2D eigenvalue weighted by Gasteiger charge is 2.30. The summed E-state index contributed by atoms with van der Waals surface area (Å²) in [5, 5.41) is 3.16. The lowest BCUT2D eigenvalue weighted by molar-refractivity contribution is -0.0931. The normalized spacial score (nSPS) is 24.0. The Bertz CT molecular complexity index is 734.